The zero-order valence-electron chi connectivity index (χ0n) is 14.8. The first-order valence-corrected chi connectivity index (χ1v) is 9.36. The second-order valence-corrected chi connectivity index (χ2v) is 8.52. The first-order valence-electron chi connectivity index (χ1n) is 9.36. The van der Waals surface area contributed by atoms with Gasteiger partial charge in [0.25, 0.3) is 0 Å². The Morgan fingerprint density at radius 1 is 1.04 bits per heavy atom. The smallest absolute Gasteiger partial charge is 0.201 e. The van der Waals surface area contributed by atoms with Crippen molar-refractivity contribution in [1.82, 2.24) is 0 Å². The normalized spacial score (nSPS) is 58.5. The van der Waals surface area contributed by atoms with Crippen LogP contribution in [0.2, 0.25) is 0 Å². The molecule has 5 heteroatoms. The van der Waals surface area contributed by atoms with Crippen LogP contribution in [0, 0.1) is 23.7 Å². The highest BCUT2D eigenvalue weighted by atomic mass is 17.3. The highest BCUT2D eigenvalue weighted by Gasteiger charge is 2.70. The van der Waals surface area contributed by atoms with E-state index >= 15 is 0 Å². The van der Waals surface area contributed by atoms with Gasteiger partial charge in [0, 0.05) is 17.8 Å². The van der Waals surface area contributed by atoms with Crippen molar-refractivity contribution < 1.29 is 19.2 Å². The van der Waals surface area contributed by atoms with Crippen molar-refractivity contribution in [2.75, 3.05) is 0 Å². The summed E-state index contributed by atoms with van der Waals surface area (Å²) in [5, 5.41) is 0. The number of rotatable bonds is 2. The van der Waals surface area contributed by atoms with Crippen LogP contribution in [0.1, 0.15) is 66.2 Å². The molecule has 0 unspecified atom stereocenters. The van der Waals surface area contributed by atoms with Gasteiger partial charge in [-0.25, -0.2) is 9.78 Å². The van der Waals surface area contributed by atoms with Crippen molar-refractivity contribution in [3.8, 4) is 0 Å². The van der Waals surface area contributed by atoms with E-state index in [9.17, 15) is 0 Å². The lowest BCUT2D eigenvalue weighted by Crippen LogP contribution is -2.73. The molecular weight excluding hydrogens is 291 g/mol. The molecule has 23 heavy (non-hydrogen) atoms. The third-order valence-electron chi connectivity index (χ3n) is 7.12. The number of ether oxygens (including phenoxy) is 2. The van der Waals surface area contributed by atoms with Crippen LogP contribution in [0.15, 0.2) is 0 Å². The van der Waals surface area contributed by atoms with Crippen LogP contribution in [0.4, 0.5) is 0 Å². The molecule has 5 rings (SSSR count). The summed E-state index contributed by atoms with van der Waals surface area (Å²) in [4.78, 5) is 11.9. The topological polar surface area (TPSA) is 36.9 Å². The van der Waals surface area contributed by atoms with Crippen molar-refractivity contribution in [3.63, 3.8) is 0 Å². The van der Waals surface area contributed by atoms with E-state index in [1.165, 1.54) is 6.42 Å². The molecule has 0 aromatic carbocycles. The van der Waals surface area contributed by atoms with Gasteiger partial charge in [-0.3, -0.25) is 0 Å². The SMILES string of the molecule is [B][C@]1(CCC)O[C@@H]2O[C@@]3(C)CC[C@H]4[C@H](C)CC[C@@H]([C@H]1C)[C@@]24OO3. The average molecular weight is 320 g/mol. The average Bonchev–Trinajstić information content (AvgIpc) is 2.72. The fourth-order valence-corrected chi connectivity index (χ4v) is 5.71. The largest absolute Gasteiger partial charge is 0.353 e. The van der Waals surface area contributed by atoms with E-state index in [-0.39, 0.29) is 5.92 Å². The fourth-order valence-electron chi connectivity index (χ4n) is 5.71. The predicted octanol–water partition coefficient (Wildman–Crippen LogP) is 3.53. The Morgan fingerprint density at radius 2 is 1.83 bits per heavy atom. The Morgan fingerprint density at radius 3 is 2.57 bits per heavy atom. The van der Waals surface area contributed by atoms with Gasteiger partial charge in [-0.1, -0.05) is 27.2 Å². The molecule has 4 saturated heterocycles. The molecular formula is C18H29BO4. The summed E-state index contributed by atoms with van der Waals surface area (Å²) in [5.74, 6) is 0.827. The first-order chi connectivity index (χ1) is 10.8. The molecule has 8 atom stereocenters. The monoisotopic (exact) mass is 320 g/mol. The van der Waals surface area contributed by atoms with Crippen molar-refractivity contribution in [2.45, 2.75) is 89.4 Å². The van der Waals surface area contributed by atoms with Crippen LogP contribution in [-0.2, 0) is 19.2 Å². The van der Waals surface area contributed by atoms with E-state index < -0.39 is 23.2 Å². The van der Waals surface area contributed by atoms with Gasteiger partial charge in [-0.05, 0) is 50.4 Å². The highest BCUT2D eigenvalue weighted by Crippen LogP contribution is 2.62. The van der Waals surface area contributed by atoms with Crippen LogP contribution in [0.3, 0.4) is 0 Å². The van der Waals surface area contributed by atoms with Gasteiger partial charge in [-0.2, -0.15) is 0 Å². The standard InChI is InChI=1S/C18H29BO4/c1-5-9-17(19)12(3)14-7-6-11(2)13-8-10-16(4)20-15(21-17)18(13,14)23-22-16/h11-15H,5-10H2,1-4H3/t11-,12-,13+,14+,15+,16-,17-,18-/m1/s1. The molecule has 4 nitrogen and oxygen atoms in total. The van der Waals surface area contributed by atoms with Gasteiger partial charge in [0.1, 0.15) is 7.85 Å². The van der Waals surface area contributed by atoms with E-state index in [4.69, 9.17) is 27.1 Å². The van der Waals surface area contributed by atoms with E-state index in [1.807, 2.05) is 6.92 Å². The molecule has 0 amide bonds. The fraction of sp³-hybridized carbons (Fsp3) is 1.00. The maximum atomic E-state index is 6.71. The lowest BCUT2D eigenvalue weighted by Gasteiger charge is -2.63. The van der Waals surface area contributed by atoms with Crippen LogP contribution < -0.4 is 0 Å². The summed E-state index contributed by atoms with van der Waals surface area (Å²) >= 11 is 0. The molecule has 0 N–H and O–H groups in total. The molecule has 2 radical (unpaired) electrons. The number of fused-ring (bicyclic) bond motifs is 2. The summed E-state index contributed by atoms with van der Waals surface area (Å²) < 4.78 is 12.8. The van der Waals surface area contributed by atoms with Gasteiger partial charge in [0.15, 0.2) is 11.9 Å². The predicted molar refractivity (Wildman–Crippen MR) is 86.4 cm³/mol. The zero-order chi connectivity index (χ0) is 16.5. The summed E-state index contributed by atoms with van der Waals surface area (Å²) in [6, 6.07) is 0. The molecule has 1 saturated carbocycles. The Labute approximate surface area is 140 Å². The van der Waals surface area contributed by atoms with Crippen LogP contribution in [0.5, 0.6) is 0 Å². The molecule has 5 aliphatic rings. The molecule has 5 fully saturated rings. The minimum atomic E-state index is -0.717. The van der Waals surface area contributed by atoms with Crippen LogP contribution in [0.25, 0.3) is 0 Å². The van der Waals surface area contributed by atoms with Crippen molar-refractivity contribution >= 4 is 7.85 Å². The maximum absolute atomic E-state index is 6.71. The minimum absolute atomic E-state index is 0.225. The highest BCUT2D eigenvalue weighted by molar-refractivity contribution is 6.14. The molecule has 0 aromatic heterocycles. The summed E-state index contributed by atoms with van der Waals surface area (Å²) in [5.41, 5.74) is -1.13. The van der Waals surface area contributed by atoms with E-state index in [1.54, 1.807) is 0 Å². The van der Waals surface area contributed by atoms with Gasteiger partial charge in [0.2, 0.25) is 5.79 Å². The summed E-state index contributed by atoms with van der Waals surface area (Å²) in [6.45, 7) is 8.66. The molecule has 4 heterocycles. The second-order valence-electron chi connectivity index (χ2n) is 8.52. The van der Waals surface area contributed by atoms with Crippen molar-refractivity contribution in [1.29, 1.82) is 0 Å². The molecule has 1 spiro atoms. The Kier molecular flexibility index (Phi) is 3.70. The Balaban J connectivity index is 1.79. The van der Waals surface area contributed by atoms with E-state index in [2.05, 4.69) is 20.8 Å². The van der Waals surface area contributed by atoms with E-state index in [0.29, 0.717) is 17.8 Å². The van der Waals surface area contributed by atoms with Crippen LogP contribution in [-0.4, -0.2) is 31.0 Å². The van der Waals surface area contributed by atoms with Crippen molar-refractivity contribution in [3.05, 3.63) is 0 Å². The molecule has 1 aliphatic carbocycles. The third kappa shape index (κ3) is 2.13. The third-order valence-corrected chi connectivity index (χ3v) is 7.12. The summed E-state index contributed by atoms with van der Waals surface area (Å²) in [6.07, 6.45) is 5.65. The van der Waals surface area contributed by atoms with Gasteiger partial charge < -0.3 is 9.47 Å². The quantitative estimate of drug-likeness (QED) is 0.576. The number of hydrogen-bond donors (Lipinski definition) is 0. The molecule has 0 aromatic rings. The van der Waals surface area contributed by atoms with Crippen molar-refractivity contribution in [2.24, 2.45) is 23.7 Å². The molecule has 4 aliphatic heterocycles. The molecule has 2 bridgehead atoms. The second kappa shape index (κ2) is 5.20. The lowest BCUT2D eigenvalue weighted by atomic mass is 9.52. The van der Waals surface area contributed by atoms with Gasteiger partial charge in [0.05, 0.1) is 0 Å². The first kappa shape index (κ1) is 16.4. The van der Waals surface area contributed by atoms with E-state index in [0.717, 1.165) is 32.1 Å². The Hall–Kier alpha value is -0.0951. The van der Waals surface area contributed by atoms with Crippen LogP contribution >= 0.6 is 0 Å². The summed E-state index contributed by atoms with van der Waals surface area (Å²) in [7, 11) is 6.71. The zero-order valence-corrected chi connectivity index (χ0v) is 14.8. The lowest BCUT2D eigenvalue weighted by molar-refractivity contribution is -0.573. The number of hydrogen-bond acceptors (Lipinski definition) is 4. The van der Waals surface area contributed by atoms with Gasteiger partial charge in [-0.15, -0.1) is 0 Å². The molecule has 128 valence electrons. The van der Waals surface area contributed by atoms with Gasteiger partial charge >= 0.3 is 0 Å². The Bertz CT molecular complexity index is 488. The maximum Gasteiger partial charge on any atom is 0.201 e. The minimum Gasteiger partial charge on any atom is -0.353 e.